The molecule has 0 aliphatic heterocycles. The van der Waals surface area contributed by atoms with Crippen LogP contribution in [0.2, 0.25) is 0 Å². The van der Waals surface area contributed by atoms with Crippen molar-refractivity contribution < 1.29 is 13.9 Å². The maximum absolute atomic E-state index is 11.3. The first kappa shape index (κ1) is 10.5. The summed E-state index contributed by atoms with van der Waals surface area (Å²) in [6.45, 7) is 2.56. The number of rotatable bonds is 3. The molecule has 4 nitrogen and oxygen atoms in total. The molecule has 0 saturated heterocycles. The van der Waals surface area contributed by atoms with Crippen LogP contribution in [0.15, 0.2) is 35.1 Å². The molecule has 2 aromatic rings. The number of aryl methyl sites for hydroxylation is 1. The second-order valence-electron chi connectivity index (χ2n) is 3.57. The molecular weight excluding hydrogens is 206 g/mol. The molecule has 2 heterocycles. The lowest BCUT2D eigenvalue weighted by Crippen LogP contribution is -2.01. The van der Waals surface area contributed by atoms with Crippen molar-refractivity contribution in [2.75, 3.05) is 7.11 Å². The number of ether oxygens (including phenoxy) is 1. The third-order valence-electron chi connectivity index (χ3n) is 2.44. The van der Waals surface area contributed by atoms with Gasteiger partial charge in [-0.15, -0.1) is 0 Å². The Balaban J connectivity index is 2.22. The van der Waals surface area contributed by atoms with E-state index < -0.39 is 0 Å². The van der Waals surface area contributed by atoms with Crippen molar-refractivity contribution in [3.05, 3.63) is 47.7 Å². The summed E-state index contributed by atoms with van der Waals surface area (Å²) in [7, 11) is 1.38. The van der Waals surface area contributed by atoms with Gasteiger partial charge in [0.05, 0.1) is 25.5 Å². The van der Waals surface area contributed by atoms with Crippen molar-refractivity contribution in [1.82, 2.24) is 4.57 Å². The van der Waals surface area contributed by atoms with E-state index in [1.807, 2.05) is 23.6 Å². The summed E-state index contributed by atoms with van der Waals surface area (Å²) >= 11 is 0. The number of hydrogen-bond donors (Lipinski definition) is 0. The standard InChI is InChI=1S/C12H13NO3/c1-9-6-10(12(14)15-2)7-13(9)8-11-4-3-5-16-11/h3-7H,8H2,1-2H3. The van der Waals surface area contributed by atoms with Gasteiger partial charge in [-0.25, -0.2) is 4.79 Å². The minimum Gasteiger partial charge on any atom is -0.467 e. The molecule has 2 rings (SSSR count). The average Bonchev–Trinajstić information content (AvgIpc) is 2.89. The van der Waals surface area contributed by atoms with Gasteiger partial charge in [0.2, 0.25) is 0 Å². The Morgan fingerprint density at radius 3 is 3.00 bits per heavy atom. The summed E-state index contributed by atoms with van der Waals surface area (Å²) in [5.41, 5.74) is 1.56. The molecule has 0 fully saturated rings. The number of furan rings is 1. The predicted molar refractivity (Wildman–Crippen MR) is 58.3 cm³/mol. The molecule has 0 unspecified atom stereocenters. The highest BCUT2D eigenvalue weighted by atomic mass is 16.5. The van der Waals surface area contributed by atoms with Crippen LogP contribution in [-0.2, 0) is 11.3 Å². The van der Waals surface area contributed by atoms with Crippen LogP contribution in [0.1, 0.15) is 21.8 Å². The molecule has 84 valence electrons. The molecular formula is C12H13NO3. The van der Waals surface area contributed by atoms with Gasteiger partial charge in [-0.1, -0.05) is 0 Å². The smallest absolute Gasteiger partial charge is 0.339 e. The van der Waals surface area contributed by atoms with Gasteiger partial charge in [0, 0.05) is 11.9 Å². The Kier molecular flexibility index (Phi) is 2.81. The fraction of sp³-hybridized carbons (Fsp3) is 0.250. The number of carbonyl (C=O) groups is 1. The van der Waals surface area contributed by atoms with Crippen molar-refractivity contribution in [3.8, 4) is 0 Å². The molecule has 0 bridgehead atoms. The van der Waals surface area contributed by atoms with E-state index in [1.165, 1.54) is 7.11 Å². The third kappa shape index (κ3) is 2.00. The van der Waals surface area contributed by atoms with Gasteiger partial charge in [-0.2, -0.15) is 0 Å². The summed E-state index contributed by atoms with van der Waals surface area (Å²) in [6.07, 6.45) is 3.40. The number of carbonyl (C=O) groups excluding carboxylic acids is 1. The van der Waals surface area contributed by atoms with Gasteiger partial charge < -0.3 is 13.7 Å². The lowest BCUT2D eigenvalue weighted by molar-refractivity contribution is 0.0600. The summed E-state index contributed by atoms with van der Waals surface area (Å²) in [5, 5.41) is 0. The third-order valence-corrected chi connectivity index (χ3v) is 2.44. The van der Waals surface area contributed by atoms with E-state index in [4.69, 9.17) is 4.42 Å². The SMILES string of the molecule is COC(=O)c1cc(C)n(Cc2ccco2)c1. The maximum atomic E-state index is 11.3. The molecule has 0 aliphatic carbocycles. The molecule has 0 aliphatic rings. The van der Waals surface area contributed by atoms with E-state index in [-0.39, 0.29) is 5.97 Å². The van der Waals surface area contributed by atoms with Gasteiger partial charge in [0.15, 0.2) is 0 Å². The Morgan fingerprint density at radius 2 is 2.38 bits per heavy atom. The lowest BCUT2D eigenvalue weighted by atomic mass is 10.3. The van der Waals surface area contributed by atoms with E-state index in [0.29, 0.717) is 12.1 Å². The molecule has 0 N–H and O–H groups in total. The number of nitrogens with zero attached hydrogens (tertiary/aromatic N) is 1. The van der Waals surface area contributed by atoms with E-state index in [0.717, 1.165) is 11.5 Å². The first-order chi connectivity index (χ1) is 7.70. The van der Waals surface area contributed by atoms with E-state index in [2.05, 4.69) is 4.74 Å². The largest absolute Gasteiger partial charge is 0.467 e. The van der Waals surface area contributed by atoms with Crippen molar-refractivity contribution in [3.63, 3.8) is 0 Å². The Bertz CT molecular complexity index is 482. The van der Waals surface area contributed by atoms with Gasteiger partial charge in [-0.05, 0) is 25.1 Å². The van der Waals surface area contributed by atoms with Crippen LogP contribution in [0.4, 0.5) is 0 Å². The molecule has 0 aromatic carbocycles. The summed E-state index contributed by atoms with van der Waals surface area (Å²) in [6, 6.07) is 5.54. The first-order valence-corrected chi connectivity index (χ1v) is 4.98. The van der Waals surface area contributed by atoms with E-state index in [9.17, 15) is 4.79 Å². The molecule has 0 spiro atoms. The summed E-state index contributed by atoms with van der Waals surface area (Å²) in [5.74, 6) is 0.538. The molecule has 0 amide bonds. The van der Waals surface area contributed by atoms with Crippen molar-refractivity contribution >= 4 is 5.97 Å². The van der Waals surface area contributed by atoms with Crippen LogP contribution < -0.4 is 0 Å². The minimum atomic E-state index is -0.318. The minimum absolute atomic E-state index is 0.318. The molecule has 0 saturated carbocycles. The van der Waals surface area contributed by atoms with Crippen LogP contribution >= 0.6 is 0 Å². The highest BCUT2D eigenvalue weighted by Crippen LogP contribution is 2.12. The lowest BCUT2D eigenvalue weighted by Gasteiger charge is -2.02. The Hall–Kier alpha value is -1.97. The predicted octanol–water partition coefficient (Wildman–Crippen LogP) is 2.22. The molecule has 2 aromatic heterocycles. The quantitative estimate of drug-likeness (QED) is 0.743. The molecule has 16 heavy (non-hydrogen) atoms. The zero-order valence-corrected chi connectivity index (χ0v) is 9.27. The normalized spacial score (nSPS) is 10.4. The van der Waals surface area contributed by atoms with Crippen LogP contribution in [0.3, 0.4) is 0 Å². The topological polar surface area (TPSA) is 44.4 Å². The Labute approximate surface area is 93.4 Å². The van der Waals surface area contributed by atoms with Crippen LogP contribution in [0, 0.1) is 6.92 Å². The number of esters is 1. The number of aromatic nitrogens is 1. The number of methoxy groups -OCH3 is 1. The summed E-state index contributed by atoms with van der Waals surface area (Å²) < 4.78 is 11.9. The van der Waals surface area contributed by atoms with Gasteiger partial charge >= 0.3 is 5.97 Å². The van der Waals surface area contributed by atoms with Crippen molar-refractivity contribution in [1.29, 1.82) is 0 Å². The fourth-order valence-corrected chi connectivity index (χ4v) is 1.59. The monoisotopic (exact) mass is 219 g/mol. The highest BCUT2D eigenvalue weighted by molar-refractivity contribution is 5.89. The Morgan fingerprint density at radius 1 is 1.56 bits per heavy atom. The fourth-order valence-electron chi connectivity index (χ4n) is 1.59. The van der Waals surface area contributed by atoms with E-state index in [1.54, 1.807) is 18.5 Å². The molecule has 0 radical (unpaired) electrons. The van der Waals surface area contributed by atoms with Crippen LogP contribution in [-0.4, -0.2) is 17.6 Å². The van der Waals surface area contributed by atoms with Crippen molar-refractivity contribution in [2.24, 2.45) is 0 Å². The van der Waals surface area contributed by atoms with Gasteiger partial charge in [0.25, 0.3) is 0 Å². The maximum Gasteiger partial charge on any atom is 0.339 e. The van der Waals surface area contributed by atoms with Crippen LogP contribution in [0.5, 0.6) is 0 Å². The second-order valence-corrected chi connectivity index (χ2v) is 3.57. The van der Waals surface area contributed by atoms with Crippen LogP contribution in [0.25, 0.3) is 0 Å². The zero-order chi connectivity index (χ0) is 11.5. The van der Waals surface area contributed by atoms with E-state index >= 15 is 0 Å². The highest BCUT2D eigenvalue weighted by Gasteiger charge is 2.10. The first-order valence-electron chi connectivity index (χ1n) is 4.98. The van der Waals surface area contributed by atoms with Crippen molar-refractivity contribution in [2.45, 2.75) is 13.5 Å². The van der Waals surface area contributed by atoms with Gasteiger partial charge in [0.1, 0.15) is 5.76 Å². The van der Waals surface area contributed by atoms with Gasteiger partial charge in [-0.3, -0.25) is 0 Å². The average molecular weight is 219 g/mol. The zero-order valence-electron chi connectivity index (χ0n) is 9.27. The molecule has 4 heteroatoms. The second kappa shape index (κ2) is 4.26. The molecule has 0 atom stereocenters. The number of hydrogen-bond acceptors (Lipinski definition) is 3. The summed E-state index contributed by atoms with van der Waals surface area (Å²) in [4.78, 5) is 11.3.